The topological polar surface area (TPSA) is 17.1 Å². The monoisotopic (exact) mass is 186 g/mol. The van der Waals surface area contributed by atoms with Crippen molar-refractivity contribution in [2.24, 2.45) is 11.8 Å². The molecule has 0 aliphatic heterocycles. The molecule has 0 spiro atoms. The minimum atomic E-state index is -0.342. The van der Waals surface area contributed by atoms with Gasteiger partial charge in [-0.05, 0) is 31.6 Å². The Bertz CT molecular complexity index is 184. The zero-order chi connectivity index (χ0) is 9.35. The number of ketones is 1. The summed E-state index contributed by atoms with van der Waals surface area (Å²) in [6, 6.07) is 0. The van der Waals surface area contributed by atoms with E-state index in [9.17, 15) is 4.79 Å². The van der Waals surface area contributed by atoms with E-state index in [0.717, 1.165) is 19.3 Å². The van der Waals surface area contributed by atoms with Crippen LogP contribution >= 0.6 is 12.6 Å². The van der Waals surface area contributed by atoms with E-state index in [2.05, 4.69) is 26.5 Å². The second-order valence-corrected chi connectivity index (χ2v) is 5.43. The third kappa shape index (κ3) is 2.03. The molecule has 0 N–H and O–H groups in total. The Kier molecular flexibility index (Phi) is 2.87. The second-order valence-electron chi connectivity index (χ2n) is 4.44. The highest BCUT2D eigenvalue weighted by Crippen LogP contribution is 2.36. The highest BCUT2D eigenvalue weighted by molar-refractivity contribution is 7.82. The van der Waals surface area contributed by atoms with Crippen molar-refractivity contribution >= 4 is 18.4 Å². The van der Waals surface area contributed by atoms with E-state index >= 15 is 0 Å². The Morgan fingerprint density at radius 1 is 1.58 bits per heavy atom. The Balaban J connectivity index is 2.58. The first-order valence-corrected chi connectivity index (χ1v) is 5.14. The van der Waals surface area contributed by atoms with Crippen LogP contribution in [0.5, 0.6) is 0 Å². The molecular formula is C10H18OS. The lowest BCUT2D eigenvalue weighted by Gasteiger charge is -2.33. The van der Waals surface area contributed by atoms with Crippen molar-refractivity contribution in [2.45, 2.75) is 44.8 Å². The van der Waals surface area contributed by atoms with Crippen LogP contribution in [0.1, 0.15) is 40.0 Å². The van der Waals surface area contributed by atoms with Crippen molar-refractivity contribution in [1.29, 1.82) is 0 Å². The molecule has 2 atom stereocenters. The summed E-state index contributed by atoms with van der Waals surface area (Å²) in [7, 11) is 0. The Morgan fingerprint density at radius 3 is 2.58 bits per heavy atom. The quantitative estimate of drug-likeness (QED) is 0.623. The van der Waals surface area contributed by atoms with Crippen LogP contribution in [0.3, 0.4) is 0 Å². The molecule has 0 heterocycles. The number of Topliss-reactive ketones (excluding diaryl/α,β-unsaturated/α-hetero) is 1. The third-order valence-electron chi connectivity index (χ3n) is 2.99. The maximum absolute atomic E-state index is 11.6. The zero-order valence-corrected chi connectivity index (χ0v) is 9.03. The van der Waals surface area contributed by atoms with Crippen LogP contribution in [0, 0.1) is 11.8 Å². The molecule has 2 unspecified atom stereocenters. The highest BCUT2D eigenvalue weighted by Gasteiger charge is 2.36. The van der Waals surface area contributed by atoms with E-state index in [4.69, 9.17) is 0 Å². The molecule has 0 amide bonds. The summed E-state index contributed by atoms with van der Waals surface area (Å²) < 4.78 is -0.342. The Morgan fingerprint density at radius 2 is 2.17 bits per heavy atom. The number of hydrogen-bond donors (Lipinski definition) is 1. The first kappa shape index (κ1) is 10.1. The molecule has 12 heavy (non-hydrogen) atoms. The first-order valence-electron chi connectivity index (χ1n) is 4.69. The molecule has 1 aliphatic carbocycles. The van der Waals surface area contributed by atoms with E-state index < -0.39 is 0 Å². The van der Waals surface area contributed by atoms with Gasteiger partial charge >= 0.3 is 0 Å². The van der Waals surface area contributed by atoms with Gasteiger partial charge in [0.1, 0.15) is 5.78 Å². The van der Waals surface area contributed by atoms with Crippen molar-refractivity contribution in [1.82, 2.24) is 0 Å². The standard InChI is InChI=1S/C10H18OS/c1-7(2)8-4-5-10(3,12)9(11)6-8/h7-8,12H,4-6H2,1-3H3. The van der Waals surface area contributed by atoms with Crippen molar-refractivity contribution in [2.75, 3.05) is 0 Å². The van der Waals surface area contributed by atoms with Gasteiger partial charge in [-0.25, -0.2) is 0 Å². The fraction of sp³-hybridized carbons (Fsp3) is 0.900. The number of rotatable bonds is 1. The smallest absolute Gasteiger partial charge is 0.148 e. The van der Waals surface area contributed by atoms with Gasteiger partial charge in [0.25, 0.3) is 0 Å². The molecule has 0 aromatic heterocycles. The van der Waals surface area contributed by atoms with E-state index in [1.807, 2.05) is 6.92 Å². The Hall–Kier alpha value is 0.0200. The van der Waals surface area contributed by atoms with Crippen LogP contribution in [0.15, 0.2) is 0 Å². The molecular weight excluding hydrogens is 168 g/mol. The van der Waals surface area contributed by atoms with Gasteiger partial charge in [-0.3, -0.25) is 4.79 Å². The molecule has 2 heteroatoms. The average Bonchev–Trinajstić information content (AvgIpc) is 1.94. The summed E-state index contributed by atoms with van der Waals surface area (Å²) in [5.74, 6) is 1.56. The molecule has 0 aromatic rings. The first-order chi connectivity index (χ1) is 5.43. The van der Waals surface area contributed by atoms with E-state index in [-0.39, 0.29) is 4.75 Å². The summed E-state index contributed by atoms with van der Waals surface area (Å²) in [4.78, 5) is 11.6. The number of thiol groups is 1. The van der Waals surface area contributed by atoms with Gasteiger partial charge in [0, 0.05) is 6.42 Å². The van der Waals surface area contributed by atoms with Gasteiger partial charge in [0.05, 0.1) is 4.75 Å². The van der Waals surface area contributed by atoms with E-state index in [1.54, 1.807) is 0 Å². The lowest BCUT2D eigenvalue weighted by molar-refractivity contribution is -0.124. The average molecular weight is 186 g/mol. The van der Waals surface area contributed by atoms with Crippen LogP contribution in [0.25, 0.3) is 0 Å². The predicted molar refractivity (Wildman–Crippen MR) is 54.6 cm³/mol. The largest absolute Gasteiger partial charge is 0.298 e. The van der Waals surface area contributed by atoms with E-state index in [0.29, 0.717) is 17.6 Å². The summed E-state index contributed by atoms with van der Waals surface area (Å²) >= 11 is 4.37. The zero-order valence-electron chi connectivity index (χ0n) is 8.13. The maximum Gasteiger partial charge on any atom is 0.148 e. The van der Waals surface area contributed by atoms with Gasteiger partial charge in [0.2, 0.25) is 0 Å². The SMILES string of the molecule is CC(C)C1CCC(C)(S)C(=O)C1. The maximum atomic E-state index is 11.6. The Labute approximate surface area is 80.3 Å². The van der Waals surface area contributed by atoms with Gasteiger partial charge in [-0.15, -0.1) is 0 Å². The number of hydrogen-bond acceptors (Lipinski definition) is 2. The second kappa shape index (κ2) is 3.41. The van der Waals surface area contributed by atoms with Crippen LogP contribution < -0.4 is 0 Å². The molecule has 1 saturated carbocycles. The normalized spacial score (nSPS) is 37.4. The molecule has 0 bridgehead atoms. The summed E-state index contributed by atoms with van der Waals surface area (Å²) in [5, 5.41) is 0. The molecule has 1 nitrogen and oxygen atoms in total. The lowest BCUT2D eigenvalue weighted by Crippen LogP contribution is -2.37. The lowest BCUT2D eigenvalue weighted by atomic mass is 9.76. The number of carbonyl (C=O) groups excluding carboxylic acids is 1. The fourth-order valence-corrected chi connectivity index (χ4v) is 1.96. The van der Waals surface area contributed by atoms with Gasteiger partial charge in [0.15, 0.2) is 0 Å². The minimum Gasteiger partial charge on any atom is -0.298 e. The van der Waals surface area contributed by atoms with Crippen LogP contribution in [0.2, 0.25) is 0 Å². The van der Waals surface area contributed by atoms with Crippen molar-refractivity contribution in [3.05, 3.63) is 0 Å². The van der Waals surface area contributed by atoms with Crippen molar-refractivity contribution in [3.63, 3.8) is 0 Å². The molecule has 1 fully saturated rings. The molecule has 0 radical (unpaired) electrons. The van der Waals surface area contributed by atoms with Crippen LogP contribution in [0.4, 0.5) is 0 Å². The summed E-state index contributed by atoms with van der Waals surface area (Å²) in [6.07, 6.45) is 2.83. The summed E-state index contributed by atoms with van der Waals surface area (Å²) in [6.45, 7) is 6.33. The van der Waals surface area contributed by atoms with Gasteiger partial charge in [-0.2, -0.15) is 12.6 Å². The van der Waals surface area contributed by atoms with E-state index in [1.165, 1.54) is 0 Å². The van der Waals surface area contributed by atoms with Crippen LogP contribution in [-0.2, 0) is 4.79 Å². The molecule has 1 aliphatic rings. The van der Waals surface area contributed by atoms with Crippen LogP contribution in [-0.4, -0.2) is 10.5 Å². The number of carbonyl (C=O) groups is 1. The predicted octanol–water partition coefficient (Wildman–Crippen LogP) is 2.70. The van der Waals surface area contributed by atoms with Crippen molar-refractivity contribution in [3.8, 4) is 0 Å². The molecule has 70 valence electrons. The fourth-order valence-electron chi connectivity index (χ4n) is 1.73. The highest BCUT2D eigenvalue weighted by atomic mass is 32.1. The minimum absolute atomic E-state index is 0.329. The summed E-state index contributed by atoms with van der Waals surface area (Å²) in [5.41, 5.74) is 0. The third-order valence-corrected chi connectivity index (χ3v) is 3.47. The van der Waals surface area contributed by atoms with Crippen molar-refractivity contribution < 1.29 is 4.79 Å². The molecule has 1 rings (SSSR count). The van der Waals surface area contributed by atoms with Gasteiger partial charge in [-0.1, -0.05) is 13.8 Å². The van der Waals surface area contributed by atoms with Gasteiger partial charge < -0.3 is 0 Å². The molecule has 0 aromatic carbocycles. The molecule has 0 saturated heterocycles.